The first kappa shape index (κ1) is 10.7. The van der Waals surface area contributed by atoms with Gasteiger partial charge in [-0.05, 0) is 44.3 Å². The number of unbranched alkanes of at least 4 members (excludes halogenated alkanes) is 3. The Morgan fingerprint density at radius 2 is 2.08 bits per heavy atom. The zero-order valence-corrected chi connectivity index (χ0v) is 9.20. The van der Waals surface area contributed by atoms with Gasteiger partial charge in [0.1, 0.15) is 0 Å². The van der Waals surface area contributed by atoms with Crippen LogP contribution in [-0.2, 0) is 6.42 Å². The van der Waals surface area contributed by atoms with E-state index in [0.29, 0.717) is 0 Å². The predicted molar refractivity (Wildman–Crippen MR) is 60.4 cm³/mol. The highest BCUT2D eigenvalue weighted by Gasteiger charge is 1.93. The van der Waals surface area contributed by atoms with E-state index in [4.69, 9.17) is 0 Å². The van der Waals surface area contributed by atoms with E-state index in [2.05, 4.69) is 22.8 Å². The highest BCUT2D eigenvalue weighted by molar-refractivity contribution is 7.09. The summed E-state index contributed by atoms with van der Waals surface area (Å²) in [5.74, 6) is 0. The number of nitrogens with one attached hydrogen (secondary N) is 1. The molecule has 1 rings (SSSR count). The lowest BCUT2D eigenvalue weighted by molar-refractivity contribution is 0.618. The van der Waals surface area contributed by atoms with Crippen molar-refractivity contribution < 1.29 is 0 Å². The molecule has 1 aromatic heterocycles. The van der Waals surface area contributed by atoms with Crippen LogP contribution in [0.5, 0.6) is 0 Å². The normalized spacial score (nSPS) is 10.5. The molecule has 0 aliphatic carbocycles. The lowest BCUT2D eigenvalue weighted by Gasteiger charge is -1.99. The van der Waals surface area contributed by atoms with Crippen molar-refractivity contribution in [1.29, 1.82) is 0 Å². The van der Waals surface area contributed by atoms with Gasteiger partial charge in [-0.15, -0.1) is 11.3 Å². The molecule has 1 aromatic rings. The molecule has 0 aliphatic rings. The summed E-state index contributed by atoms with van der Waals surface area (Å²) in [4.78, 5) is 1.54. The summed E-state index contributed by atoms with van der Waals surface area (Å²) in [6, 6.07) is 4.37. The fourth-order valence-corrected chi connectivity index (χ4v) is 2.16. The van der Waals surface area contributed by atoms with Crippen LogP contribution >= 0.6 is 11.3 Å². The van der Waals surface area contributed by atoms with Crippen LogP contribution < -0.4 is 5.32 Å². The molecule has 74 valence electrons. The van der Waals surface area contributed by atoms with Crippen LogP contribution in [-0.4, -0.2) is 13.6 Å². The average molecular weight is 197 g/mol. The first-order valence-electron chi connectivity index (χ1n) is 5.10. The number of thiophene rings is 1. The van der Waals surface area contributed by atoms with Gasteiger partial charge in [0.15, 0.2) is 0 Å². The lowest BCUT2D eigenvalue weighted by Crippen LogP contribution is -2.06. The van der Waals surface area contributed by atoms with Gasteiger partial charge in [-0.3, -0.25) is 0 Å². The topological polar surface area (TPSA) is 12.0 Å². The predicted octanol–water partition coefficient (Wildman–Crippen LogP) is 3.07. The highest BCUT2D eigenvalue weighted by Crippen LogP contribution is 2.12. The number of aryl methyl sites for hydroxylation is 1. The summed E-state index contributed by atoms with van der Waals surface area (Å²) in [6.45, 7) is 1.17. The van der Waals surface area contributed by atoms with Crippen molar-refractivity contribution in [3.8, 4) is 0 Å². The quantitative estimate of drug-likeness (QED) is 0.662. The Bertz CT molecular complexity index is 194. The summed E-state index contributed by atoms with van der Waals surface area (Å²) in [5, 5.41) is 5.34. The molecule has 0 amide bonds. The average Bonchev–Trinajstić information content (AvgIpc) is 2.63. The third-order valence-corrected chi connectivity index (χ3v) is 3.12. The maximum absolute atomic E-state index is 3.17. The van der Waals surface area contributed by atoms with Crippen LogP contribution in [0.4, 0.5) is 0 Å². The van der Waals surface area contributed by atoms with E-state index < -0.39 is 0 Å². The van der Waals surface area contributed by atoms with Crippen LogP contribution in [0.25, 0.3) is 0 Å². The lowest BCUT2D eigenvalue weighted by atomic mass is 10.1. The molecular formula is C11H19NS. The van der Waals surface area contributed by atoms with Crippen molar-refractivity contribution >= 4 is 11.3 Å². The van der Waals surface area contributed by atoms with Crippen molar-refractivity contribution in [2.45, 2.75) is 32.1 Å². The fraction of sp³-hybridized carbons (Fsp3) is 0.636. The Morgan fingerprint density at radius 3 is 2.77 bits per heavy atom. The largest absolute Gasteiger partial charge is 0.320 e. The Kier molecular flexibility index (Phi) is 5.87. The molecule has 0 saturated heterocycles. The molecule has 1 nitrogen and oxygen atoms in total. The molecule has 2 heteroatoms. The summed E-state index contributed by atoms with van der Waals surface area (Å²) < 4.78 is 0. The summed E-state index contributed by atoms with van der Waals surface area (Å²) >= 11 is 1.88. The molecule has 0 bridgehead atoms. The van der Waals surface area contributed by atoms with Gasteiger partial charge in [0.2, 0.25) is 0 Å². The van der Waals surface area contributed by atoms with Crippen LogP contribution in [0.1, 0.15) is 30.6 Å². The van der Waals surface area contributed by atoms with Gasteiger partial charge < -0.3 is 5.32 Å². The second-order valence-corrected chi connectivity index (χ2v) is 4.38. The van der Waals surface area contributed by atoms with Gasteiger partial charge in [0.05, 0.1) is 0 Å². The van der Waals surface area contributed by atoms with Crippen molar-refractivity contribution in [2.75, 3.05) is 13.6 Å². The molecule has 0 radical (unpaired) electrons. The van der Waals surface area contributed by atoms with Gasteiger partial charge >= 0.3 is 0 Å². The first-order chi connectivity index (χ1) is 6.43. The Hall–Kier alpha value is -0.340. The third-order valence-electron chi connectivity index (χ3n) is 2.18. The molecule has 0 spiro atoms. The van der Waals surface area contributed by atoms with Gasteiger partial charge in [-0.2, -0.15) is 0 Å². The first-order valence-corrected chi connectivity index (χ1v) is 5.98. The van der Waals surface area contributed by atoms with Crippen molar-refractivity contribution in [2.24, 2.45) is 0 Å². The maximum Gasteiger partial charge on any atom is 0.00452 e. The minimum absolute atomic E-state index is 1.17. The number of hydrogen-bond donors (Lipinski definition) is 1. The Morgan fingerprint density at radius 1 is 1.23 bits per heavy atom. The van der Waals surface area contributed by atoms with Crippen LogP contribution in [0.2, 0.25) is 0 Å². The smallest absolute Gasteiger partial charge is 0.00452 e. The van der Waals surface area contributed by atoms with E-state index in [1.165, 1.54) is 43.5 Å². The van der Waals surface area contributed by atoms with E-state index in [-0.39, 0.29) is 0 Å². The van der Waals surface area contributed by atoms with Crippen molar-refractivity contribution in [3.05, 3.63) is 22.4 Å². The molecule has 0 atom stereocenters. The maximum atomic E-state index is 3.17. The Labute approximate surface area is 85.2 Å². The molecule has 1 heterocycles. The molecule has 1 N–H and O–H groups in total. The van der Waals surface area contributed by atoms with E-state index in [1.54, 1.807) is 0 Å². The SMILES string of the molecule is CNCCCCCCc1cccs1. The van der Waals surface area contributed by atoms with Gasteiger partial charge in [-0.1, -0.05) is 18.9 Å². The zero-order chi connectivity index (χ0) is 9.36. The standard InChI is InChI=1S/C11H19NS/c1-12-9-5-3-2-4-7-11-8-6-10-13-11/h6,8,10,12H,2-5,7,9H2,1H3. The second kappa shape index (κ2) is 7.10. The molecule has 13 heavy (non-hydrogen) atoms. The highest BCUT2D eigenvalue weighted by atomic mass is 32.1. The molecule has 0 saturated carbocycles. The van der Waals surface area contributed by atoms with Crippen molar-refractivity contribution in [1.82, 2.24) is 5.32 Å². The molecule has 0 unspecified atom stereocenters. The van der Waals surface area contributed by atoms with Gasteiger partial charge in [0.25, 0.3) is 0 Å². The second-order valence-electron chi connectivity index (χ2n) is 3.35. The molecular weight excluding hydrogens is 178 g/mol. The minimum Gasteiger partial charge on any atom is -0.320 e. The summed E-state index contributed by atoms with van der Waals surface area (Å²) in [7, 11) is 2.02. The minimum atomic E-state index is 1.17. The molecule has 0 aliphatic heterocycles. The van der Waals surface area contributed by atoms with E-state index in [9.17, 15) is 0 Å². The number of hydrogen-bond acceptors (Lipinski definition) is 2. The molecule has 0 aromatic carbocycles. The summed E-state index contributed by atoms with van der Waals surface area (Å²) in [6.07, 6.45) is 6.69. The van der Waals surface area contributed by atoms with Crippen LogP contribution in [0, 0.1) is 0 Å². The van der Waals surface area contributed by atoms with Gasteiger partial charge in [-0.25, -0.2) is 0 Å². The van der Waals surface area contributed by atoms with Gasteiger partial charge in [0, 0.05) is 4.88 Å². The number of rotatable bonds is 7. The van der Waals surface area contributed by atoms with Crippen LogP contribution in [0.15, 0.2) is 17.5 Å². The Balaban J connectivity index is 1.90. The van der Waals surface area contributed by atoms with Crippen LogP contribution in [0.3, 0.4) is 0 Å². The monoisotopic (exact) mass is 197 g/mol. The third kappa shape index (κ3) is 5.06. The molecule has 0 fully saturated rings. The van der Waals surface area contributed by atoms with E-state index in [0.717, 1.165) is 0 Å². The zero-order valence-electron chi connectivity index (χ0n) is 8.38. The van der Waals surface area contributed by atoms with E-state index in [1.807, 2.05) is 18.4 Å². The van der Waals surface area contributed by atoms with E-state index >= 15 is 0 Å². The fourth-order valence-electron chi connectivity index (χ4n) is 1.41. The van der Waals surface area contributed by atoms with Crippen molar-refractivity contribution in [3.63, 3.8) is 0 Å². The summed E-state index contributed by atoms with van der Waals surface area (Å²) in [5.41, 5.74) is 0.